The van der Waals surface area contributed by atoms with Gasteiger partial charge in [0.25, 0.3) is 0 Å². The fourth-order valence-corrected chi connectivity index (χ4v) is 2.50. The summed E-state index contributed by atoms with van der Waals surface area (Å²) in [6.45, 7) is 4.22. The Kier molecular flexibility index (Phi) is 5.37. The summed E-state index contributed by atoms with van der Waals surface area (Å²) in [5.74, 6) is -0.965. The fourth-order valence-electron chi connectivity index (χ4n) is 2.33. The summed E-state index contributed by atoms with van der Waals surface area (Å²) in [5, 5.41) is -0.0733. The minimum absolute atomic E-state index is 0.0684. The molecule has 0 unspecified atom stereocenters. The minimum Gasteiger partial charge on any atom is -0.339 e. The first-order chi connectivity index (χ1) is 10.4. The third kappa shape index (κ3) is 3.96. The number of hydrogen-bond acceptors (Lipinski definition) is 3. The molecule has 0 spiro atoms. The summed E-state index contributed by atoms with van der Waals surface area (Å²) in [6.07, 6.45) is 0. The van der Waals surface area contributed by atoms with Crippen LogP contribution >= 0.6 is 11.6 Å². The predicted octanol–water partition coefficient (Wildman–Crippen LogP) is 1.61. The van der Waals surface area contributed by atoms with E-state index < -0.39 is 5.82 Å². The number of likely N-dealkylation sites (N-methyl/N-ethyl adjacent to an activating group) is 1. The molecule has 0 atom stereocenters. The lowest BCUT2D eigenvalue weighted by atomic mass is 10.2. The zero-order chi connectivity index (χ0) is 16.3. The number of amides is 2. The van der Waals surface area contributed by atoms with Crippen molar-refractivity contribution in [1.82, 2.24) is 9.80 Å². The van der Waals surface area contributed by atoms with Crippen molar-refractivity contribution in [2.75, 3.05) is 44.7 Å². The van der Waals surface area contributed by atoms with Crippen LogP contribution in [0.15, 0.2) is 18.2 Å². The van der Waals surface area contributed by atoms with E-state index >= 15 is 0 Å². The topological polar surface area (TPSA) is 43.9 Å². The van der Waals surface area contributed by atoms with E-state index in [-0.39, 0.29) is 23.4 Å². The molecule has 0 aromatic heterocycles. The van der Waals surface area contributed by atoms with Gasteiger partial charge in [0.2, 0.25) is 11.8 Å². The van der Waals surface area contributed by atoms with Crippen LogP contribution < -0.4 is 4.90 Å². The molecule has 2 amide bonds. The molecule has 0 aliphatic carbocycles. The number of carbonyl (C=O) groups is 2. The van der Waals surface area contributed by atoms with Gasteiger partial charge in [-0.05, 0) is 25.2 Å². The third-order valence-electron chi connectivity index (χ3n) is 3.74. The van der Waals surface area contributed by atoms with E-state index in [1.165, 1.54) is 30.0 Å². The molecule has 1 fully saturated rings. The molecular formula is C15H19ClFN3O2. The highest BCUT2D eigenvalue weighted by atomic mass is 35.5. The van der Waals surface area contributed by atoms with E-state index in [2.05, 4.69) is 4.90 Å². The Morgan fingerprint density at radius 3 is 2.45 bits per heavy atom. The zero-order valence-corrected chi connectivity index (χ0v) is 13.4. The van der Waals surface area contributed by atoms with Crippen molar-refractivity contribution in [2.45, 2.75) is 6.92 Å². The van der Waals surface area contributed by atoms with E-state index in [9.17, 15) is 14.0 Å². The van der Waals surface area contributed by atoms with Crippen molar-refractivity contribution >= 4 is 29.1 Å². The normalized spacial score (nSPS) is 15.7. The first-order valence-corrected chi connectivity index (χ1v) is 7.45. The molecule has 0 N–H and O–H groups in total. The van der Waals surface area contributed by atoms with Crippen LogP contribution in [-0.2, 0) is 9.59 Å². The third-order valence-corrected chi connectivity index (χ3v) is 4.03. The second-order valence-electron chi connectivity index (χ2n) is 5.39. The molecule has 0 bridgehead atoms. The number of anilines is 1. The maximum atomic E-state index is 13.2. The Labute approximate surface area is 134 Å². The van der Waals surface area contributed by atoms with Gasteiger partial charge in [-0.3, -0.25) is 9.59 Å². The summed E-state index contributed by atoms with van der Waals surface area (Å²) in [7, 11) is 2.00. The number of nitrogens with zero attached hydrogens (tertiary/aromatic N) is 3. The van der Waals surface area contributed by atoms with Crippen molar-refractivity contribution in [3.05, 3.63) is 29.0 Å². The fraction of sp³-hybridized carbons (Fsp3) is 0.467. The summed E-state index contributed by atoms with van der Waals surface area (Å²) >= 11 is 5.75. The van der Waals surface area contributed by atoms with E-state index in [1.54, 1.807) is 4.90 Å². The van der Waals surface area contributed by atoms with Crippen LogP contribution in [0.5, 0.6) is 0 Å². The molecule has 1 aromatic carbocycles. The van der Waals surface area contributed by atoms with Gasteiger partial charge >= 0.3 is 0 Å². The number of halogens is 2. The Morgan fingerprint density at radius 1 is 1.27 bits per heavy atom. The summed E-state index contributed by atoms with van der Waals surface area (Å²) < 4.78 is 13.2. The van der Waals surface area contributed by atoms with Crippen LogP contribution in [0.2, 0.25) is 5.02 Å². The molecule has 22 heavy (non-hydrogen) atoms. The molecule has 1 aliphatic rings. The molecule has 120 valence electrons. The Bertz CT molecular complexity index is 574. The van der Waals surface area contributed by atoms with Crippen LogP contribution in [0.4, 0.5) is 10.1 Å². The first kappa shape index (κ1) is 16.7. The second kappa shape index (κ2) is 7.07. The van der Waals surface area contributed by atoms with Crippen LogP contribution in [0.25, 0.3) is 0 Å². The zero-order valence-electron chi connectivity index (χ0n) is 12.7. The molecule has 1 heterocycles. The summed E-state index contributed by atoms with van der Waals surface area (Å²) in [5.41, 5.74) is 0.418. The molecular weight excluding hydrogens is 309 g/mol. The van der Waals surface area contributed by atoms with Crippen molar-refractivity contribution in [3.63, 3.8) is 0 Å². The summed E-state index contributed by atoms with van der Waals surface area (Å²) in [4.78, 5) is 29.4. The highest BCUT2D eigenvalue weighted by Crippen LogP contribution is 2.23. The number of benzene rings is 1. The molecule has 1 aromatic rings. The molecule has 7 heteroatoms. The van der Waals surface area contributed by atoms with Gasteiger partial charge in [-0.15, -0.1) is 0 Å². The van der Waals surface area contributed by atoms with E-state index in [4.69, 9.17) is 11.6 Å². The van der Waals surface area contributed by atoms with Crippen LogP contribution in [0.3, 0.4) is 0 Å². The smallest absolute Gasteiger partial charge is 0.242 e. The van der Waals surface area contributed by atoms with Gasteiger partial charge in [0, 0.05) is 38.8 Å². The Hall–Kier alpha value is -1.66. The molecule has 1 saturated heterocycles. The van der Waals surface area contributed by atoms with E-state index in [0.29, 0.717) is 18.8 Å². The lowest BCUT2D eigenvalue weighted by Crippen LogP contribution is -2.50. The predicted molar refractivity (Wildman–Crippen MR) is 83.5 cm³/mol. The number of rotatable bonds is 3. The second-order valence-corrected chi connectivity index (χ2v) is 5.79. The lowest BCUT2D eigenvalue weighted by Gasteiger charge is -2.33. The molecule has 0 radical (unpaired) electrons. The molecule has 1 aliphatic heterocycles. The molecule has 2 rings (SSSR count). The van der Waals surface area contributed by atoms with E-state index in [1.807, 2.05) is 7.05 Å². The molecule has 0 saturated carbocycles. The van der Waals surface area contributed by atoms with Gasteiger partial charge in [0.05, 0.1) is 5.02 Å². The lowest BCUT2D eigenvalue weighted by molar-refractivity contribution is -0.132. The Balaban J connectivity index is 2.10. The maximum absolute atomic E-state index is 13.2. The van der Waals surface area contributed by atoms with E-state index in [0.717, 1.165) is 13.1 Å². The standard InChI is InChI=1S/C15H19ClFN3O2/c1-11(21)20(12-3-4-14(17)13(16)9-12)10-15(22)19-7-5-18(2)6-8-19/h3-4,9H,5-8,10H2,1-2H3. The highest BCUT2D eigenvalue weighted by molar-refractivity contribution is 6.31. The first-order valence-electron chi connectivity index (χ1n) is 7.08. The number of hydrogen-bond donors (Lipinski definition) is 0. The average molecular weight is 328 g/mol. The van der Waals surface area contributed by atoms with Crippen LogP contribution in [0, 0.1) is 5.82 Å². The van der Waals surface area contributed by atoms with Gasteiger partial charge in [0.1, 0.15) is 12.4 Å². The van der Waals surface area contributed by atoms with Gasteiger partial charge in [0.15, 0.2) is 0 Å². The summed E-state index contributed by atoms with van der Waals surface area (Å²) in [6, 6.07) is 3.99. The number of carbonyl (C=O) groups excluding carboxylic acids is 2. The SMILES string of the molecule is CC(=O)N(CC(=O)N1CCN(C)CC1)c1ccc(F)c(Cl)c1. The van der Waals surface area contributed by atoms with Crippen molar-refractivity contribution < 1.29 is 14.0 Å². The Morgan fingerprint density at radius 2 is 1.91 bits per heavy atom. The van der Waals surface area contributed by atoms with Gasteiger partial charge in [-0.25, -0.2) is 4.39 Å². The quantitative estimate of drug-likeness (QED) is 0.847. The van der Waals surface area contributed by atoms with Gasteiger partial charge < -0.3 is 14.7 Å². The average Bonchev–Trinajstić information content (AvgIpc) is 2.48. The van der Waals surface area contributed by atoms with Crippen molar-refractivity contribution in [1.29, 1.82) is 0 Å². The molecule has 5 nitrogen and oxygen atoms in total. The van der Waals surface area contributed by atoms with Crippen molar-refractivity contribution in [2.24, 2.45) is 0 Å². The highest BCUT2D eigenvalue weighted by Gasteiger charge is 2.23. The van der Waals surface area contributed by atoms with Crippen LogP contribution in [0.1, 0.15) is 6.92 Å². The maximum Gasteiger partial charge on any atom is 0.242 e. The number of piperazine rings is 1. The minimum atomic E-state index is -0.556. The monoisotopic (exact) mass is 327 g/mol. The van der Waals surface area contributed by atoms with Gasteiger partial charge in [-0.2, -0.15) is 0 Å². The largest absolute Gasteiger partial charge is 0.339 e. The van der Waals surface area contributed by atoms with Crippen LogP contribution in [-0.4, -0.2) is 61.4 Å². The van der Waals surface area contributed by atoms with Crippen molar-refractivity contribution in [3.8, 4) is 0 Å². The van der Waals surface area contributed by atoms with Gasteiger partial charge in [-0.1, -0.05) is 11.6 Å².